The quantitative estimate of drug-likeness (QED) is 0.175. The third kappa shape index (κ3) is 6.25. The summed E-state index contributed by atoms with van der Waals surface area (Å²) in [7, 11) is 0. The van der Waals surface area contributed by atoms with Gasteiger partial charge in [0, 0.05) is 20.9 Å². The van der Waals surface area contributed by atoms with E-state index in [1.165, 1.54) is 10.2 Å². The summed E-state index contributed by atoms with van der Waals surface area (Å²) in [6.45, 7) is 6.74. The maximum Gasteiger partial charge on any atom is 0.282 e. The molecular weight excluding hydrogens is 622 g/mol. The summed E-state index contributed by atoms with van der Waals surface area (Å²) in [5, 5.41) is 5.37. The van der Waals surface area contributed by atoms with Crippen molar-refractivity contribution >= 4 is 60.6 Å². The van der Waals surface area contributed by atoms with Gasteiger partial charge in [-0.3, -0.25) is 4.79 Å². The molecule has 0 saturated carbocycles. The Morgan fingerprint density at radius 2 is 1.84 bits per heavy atom. The van der Waals surface area contributed by atoms with Crippen molar-refractivity contribution in [3.8, 4) is 11.5 Å². The predicted molar refractivity (Wildman–Crippen MR) is 157 cm³/mol. The van der Waals surface area contributed by atoms with Crippen molar-refractivity contribution in [3.63, 3.8) is 0 Å². The first-order valence-electron chi connectivity index (χ1n) is 11.9. The van der Waals surface area contributed by atoms with Gasteiger partial charge < -0.3 is 9.47 Å². The van der Waals surface area contributed by atoms with Crippen LogP contribution in [-0.2, 0) is 13.0 Å². The Balaban J connectivity index is 1.73. The first-order chi connectivity index (χ1) is 17.8. The van der Waals surface area contributed by atoms with Gasteiger partial charge in [0.05, 0.1) is 23.7 Å². The van der Waals surface area contributed by atoms with Gasteiger partial charge in [-0.15, -0.1) is 0 Å². The second kappa shape index (κ2) is 12.2. The van der Waals surface area contributed by atoms with Crippen molar-refractivity contribution in [2.24, 2.45) is 5.10 Å². The van der Waals surface area contributed by atoms with Gasteiger partial charge in [0.2, 0.25) is 0 Å². The van der Waals surface area contributed by atoms with E-state index in [1.807, 2.05) is 57.2 Å². The van der Waals surface area contributed by atoms with Crippen LogP contribution in [0, 0.1) is 6.92 Å². The second-order valence-corrected chi connectivity index (χ2v) is 10.5. The molecule has 0 bridgehead atoms. The summed E-state index contributed by atoms with van der Waals surface area (Å²) in [4.78, 5) is 18.0. The lowest BCUT2D eigenvalue weighted by Crippen LogP contribution is -2.22. The molecule has 0 unspecified atom stereocenters. The zero-order valence-corrected chi connectivity index (χ0v) is 24.7. The number of aromatic nitrogens is 2. The SMILES string of the molecule is CCCc1nc2ccc(Br)cc2c(=O)n1N=Cc1cc(OCC)c(OCc2ccc(C)cc2)c(Cl)c1Br. The van der Waals surface area contributed by atoms with Crippen LogP contribution in [0.15, 0.2) is 67.4 Å². The first kappa shape index (κ1) is 27.4. The van der Waals surface area contributed by atoms with Gasteiger partial charge in [0.25, 0.3) is 5.56 Å². The highest BCUT2D eigenvalue weighted by Gasteiger charge is 2.18. The minimum Gasteiger partial charge on any atom is -0.490 e. The molecule has 0 radical (unpaired) electrons. The Hall–Kier alpha value is -2.68. The van der Waals surface area contributed by atoms with Crippen molar-refractivity contribution in [2.45, 2.75) is 40.2 Å². The predicted octanol–water partition coefficient (Wildman–Crippen LogP) is 7.70. The summed E-state index contributed by atoms with van der Waals surface area (Å²) in [6.07, 6.45) is 3.01. The van der Waals surface area contributed by atoms with E-state index < -0.39 is 0 Å². The molecule has 0 N–H and O–H groups in total. The van der Waals surface area contributed by atoms with Crippen molar-refractivity contribution in [1.29, 1.82) is 0 Å². The molecule has 0 saturated heterocycles. The van der Waals surface area contributed by atoms with Crippen LogP contribution in [0.25, 0.3) is 10.9 Å². The Kier molecular flexibility index (Phi) is 9.05. The Bertz CT molecular complexity index is 1520. The molecule has 192 valence electrons. The van der Waals surface area contributed by atoms with Crippen molar-refractivity contribution in [3.05, 3.63) is 95.4 Å². The van der Waals surface area contributed by atoms with Crippen LogP contribution in [0.1, 0.15) is 42.8 Å². The summed E-state index contributed by atoms with van der Waals surface area (Å²) < 4.78 is 14.7. The number of hydrogen-bond donors (Lipinski definition) is 0. The molecule has 4 aromatic rings. The minimum atomic E-state index is -0.240. The maximum atomic E-state index is 13.3. The monoisotopic (exact) mass is 645 g/mol. The van der Waals surface area contributed by atoms with Gasteiger partial charge in [-0.2, -0.15) is 9.78 Å². The zero-order valence-electron chi connectivity index (χ0n) is 20.7. The number of aryl methyl sites for hydroxylation is 2. The third-order valence-corrected chi connectivity index (χ3v) is 7.56. The van der Waals surface area contributed by atoms with E-state index >= 15 is 0 Å². The van der Waals surface area contributed by atoms with Crippen molar-refractivity contribution in [2.75, 3.05) is 6.61 Å². The third-order valence-electron chi connectivity index (χ3n) is 5.62. The van der Waals surface area contributed by atoms with Gasteiger partial charge in [0.15, 0.2) is 11.5 Å². The Morgan fingerprint density at radius 1 is 1.08 bits per heavy atom. The fourth-order valence-electron chi connectivity index (χ4n) is 3.75. The number of benzene rings is 3. The summed E-state index contributed by atoms with van der Waals surface area (Å²) in [5.74, 6) is 1.52. The number of halogens is 3. The van der Waals surface area contributed by atoms with Gasteiger partial charge in [-0.25, -0.2) is 4.98 Å². The molecule has 0 spiro atoms. The highest BCUT2D eigenvalue weighted by atomic mass is 79.9. The zero-order chi connectivity index (χ0) is 26.5. The maximum absolute atomic E-state index is 13.3. The molecule has 3 aromatic carbocycles. The van der Waals surface area contributed by atoms with Gasteiger partial charge in [-0.1, -0.05) is 64.3 Å². The van der Waals surface area contributed by atoms with Crippen LogP contribution in [-0.4, -0.2) is 22.5 Å². The molecule has 0 amide bonds. The minimum absolute atomic E-state index is 0.240. The number of nitrogens with zero attached hydrogens (tertiary/aromatic N) is 3. The smallest absolute Gasteiger partial charge is 0.282 e. The van der Waals surface area contributed by atoms with E-state index in [4.69, 9.17) is 21.1 Å². The molecule has 0 aliphatic rings. The molecule has 1 heterocycles. The molecule has 37 heavy (non-hydrogen) atoms. The normalized spacial score (nSPS) is 11.4. The lowest BCUT2D eigenvalue weighted by Gasteiger charge is -2.16. The van der Waals surface area contributed by atoms with Crippen molar-refractivity contribution in [1.82, 2.24) is 9.66 Å². The topological polar surface area (TPSA) is 65.7 Å². The standard InChI is InChI=1S/C28H26Br2ClN3O3/c1-4-6-24-33-22-12-11-20(29)14-21(22)28(35)34(24)32-15-19-13-23(36-5-2)27(26(31)25(19)30)37-16-18-9-7-17(3)8-10-18/h7-15H,4-6,16H2,1-3H3. The first-order valence-corrected chi connectivity index (χ1v) is 13.9. The summed E-state index contributed by atoms with van der Waals surface area (Å²) >= 11 is 13.7. The van der Waals surface area contributed by atoms with Gasteiger partial charge in [0.1, 0.15) is 17.5 Å². The van der Waals surface area contributed by atoms with Crippen LogP contribution in [0.2, 0.25) is 5.02 Å². The number of ether oxygens (including phenoxy) is 2. The highest BCUT2D eigenvalue weighted by molar-refractivity contribution is 9.10. The van der Waals surface area contributed by atoms with Crippen LogP contribution in [0.4, 0.5) is 0 Å². The summed E-state index contributed by atoms with van der Waals surface area (Å²) in [6, 6.07) is 15.4. The molecule has 0 atom stereocenters. The largest absolute Gasteiger partial charge is 0.490 e. The fourth-order valence-corrected chi connectivity index (χ4v) is 4.77. The Labute approximate surface area is 237 Å². The lowest BCUT2D eigenvalue weighted by molar-refractivity contribution is 0.269. The van der Waals surface area contributed by atoms with Crippen LogP contribution in [0.3, 0.4) is 0 Å². The van der Waals surface area contributed by atoms with Gasteiger partial charge in [-0.05, 0) is 66.0 Å². The van der Waals surface area contributed by atoms with E-state index in [1.54, 1.807) is 18.3 Å². The molecular formula is C28H26Br2ClN3O3. The van der Waals surface area contributed by atoms with E-state index in [2.05, 4.69) is 41.9 Å². The van der Waals surface area contributed by atoms with E-state index in [0.717, 1.165) is 16.5 Å². The summed E-state index contributed by atoms with van der Waals surface area (Å²) in [5.41, 5.74) is 3.24. The Morgan fingerprint density at radius 3 is 2.54 bits per heavy atom. The number of rotatable bonds is 9. The molecule has 4 rings (SSSR count). The van der Waals surface area contributed by atoms with E-state index in [9.17, 15) is 4.79 Å². The van der Waals surface area contributed by atoms with E-state index in [0.29, 0.717) is 62.9 Å². The molecule has 0 aliphatic heterocycles. The molecule has 0 fully saturated rings. The highest BCUT2D eigenvalue weighted by Crippen LogP contribution is 2.42. The van der Waals surface area contributed by atoms with Crippen LogP contribution in [0.5, 0.6) is 11.5 Å². The lowest BCUT2D eigenvalue weighted by atomic mass is 10.1. The molecule has 9 heteroatoms. The molecule has 6 nitrogen and oxygen atoms in total. The number of hydrogen-bond acceptors (Lipinski definition) is 5. The molecule has 0 aliphatic carbocycles. The van der Waals surface area contributed by atoms with E-state index in [-0.39, 0.29) is 5.56 Å². The van der Waals surface area contributed by atoms with Crippen LogP contribution >= 0.6 is 43.5 Å². The average Bonchev–Trinajstić information content (AvgIpc) is 2.88. The fraction of sp³-hybridized carbons (Fsp3) is 0.250. The number of fused-ring (bicyclic) bond motifs is 1. The van der Waals surface area contributed by atoms with Crippen LogP contribution < -0.4 is 15.0 Å². The average molecular weight is 648 g/mol. The van der Waals surface area contributed by atoms with Gasteiger partial charge >= 0.3 is 0 Å². The molecule has 1 aromatic heterocycles. The van der Waals surface area contributed by atoms with Crippen molar-refractivity contribution < 1.29 is 9.47 Å². The second-order valence-electron chi connectivity index (χ2n) is 8.43.